The molecule has 0 spiro atoms. The molecule has 3 nitrogen and oxygen atoms in total. The number of nitrogens with zero attached hydrogens (tertiary/aromatic N) is 2. The Morgan fingerprint density at radius 1 is 1.25 bits per heavy atom. The van der Waals surface area contributed by atoms with Gasteiger partial charge in [-0.25, -0.2) is 4.98 Å². The molecule has 1 saturated heterocycles. The lowest BCUT2D eigenvalue weighted by atomic mass is 9.96. The van der Waals surface area contributed by atoms with Crippen molar-refractivity contribution in [2.24, 2.45) is 5.92 Å². The Morgan fingerprint density at radius 3 is 2.75 bits per heavy atom. The first-order chi connectivity index (χ1) is 9.83. The predicted octanol–water partition coefficient (Wildman–Crippen LogP) is 3.75. The molecule has 0 bridgehead atoms. The molecule has 2 aliphatic rings. The Hall–Kier alpha value is -0.610. The standard InChI is InChI=1S/C16H26N2OS/c1-2-6-13-15(11-19)20-16(17-13)18-10-5-9-14(18)12-7-3-4-8-12/h12,14,19H,2-11H2,1H3. The second-order valence-corrected chi connectivity index (χ2v) is 7.28. The van der Waals surface area contributed by atoms with Gasteiger partial charge in [0.1, 0.15) is 0 Å². The van der Waals surface area contributed by atoms with Crippen LogP contribution in [0.25, 0.3) is 0 Å². The van der Waals surface area contributed by atoms with Crippen LogP contribution in [0.15, 0.2) is 0 Å². The number of aliphatic hydroxyl groups is 1. The van der Waals surface area contributed by atoms with Gasteiger partial charge in [0.25, 0.3) is 0 Å². The SMILES string of the molecule is CCCc1nc(N2CCCC2C2CCCC2)sc1CO. The Labute approximate surface area is 126 Å². The third-order valence-corrected chi connectivity index (χ3v) is 6.01. The number of rotatable bonds is 5. The van der Waals surface area contributed by atoms with Gasteiger partial charge in [0.2, 0.25) is 0 Å². The topological polar surface area (TPSA) is 36.4 Å². The van der Waals surface area contributed by atoms with Crippen molar-refractivity contribution < 1.29 is 5.11 Å². The van der Waals surface area contributed by atoms with E-state index in [-0.39, 0.29) is 6.61 Å². The Kier molecular flexibility index (Phi) is 4.61. The van der Waals surface area contributed by atoms with Crippen LogP contribution in [0, 0.1) is 5.92 Å². The predicted molar refractivity (Wildman–Crippen MR) is 84.4 cm³/mol. The van der Waals surface area contributed by atoms with Gasteiger partial charge in [-0.1, -0.05) is 37.5 Å². The molecule has 112 valence electrons. The molecule has 20 heavy (non-hydrogen) atoms. The average molecular weight is 294 g/mol. The van der Waals surface area contributed by atoms with Crippen LogP contribution < -0.4 is 4.90 Å². The minimum absolute atomic E-state index is 0.148. The van der Waals surface area contributed by atoms with E-state index in [1.165, 1.54) is 43.7 Å². The largest absolute Gasteiger partial charge is 0.391 e. The fourth-order valence-corrected chi connectivity index (χ4v) is 4.96. The number of thiazole rings is 1. The maximum Gasteiger partial charge on any atom is 0.186 e. The van der Waals surface area contributed by atoms with Gasteiger partial charge in [0.05, 0.1) is 17.2 Å². The first kappa shape index (κ1) is 14.3. The van der Waals surface area contributed by atoms with Crippen LogP contribution in [-0.2, 0) is 13.0 Å². The van der Waals surface area contributed by atoms with Gasteiger partial charge in [0, 0.05) is 12.6 Å². The summed E-state index contributed by atoms with van der Waals surface area (Å²) in [5.74, 6) is 0.883. The van der Waals surface area contributed by atoms with E-state index in [1.807, 2.05) is 0 Å². The fraction of sp³-hybridized carbons (Fsp3) is 0.812. The Morgan fingerprint density at radius 2 is 2.05 bits per heavy atom. The summed E-state index contributed by atoms with van der Waals surface area (Å²) in [6, 6.07) is 0.713. The minimum atomic E-state index is 0.148. The molecular formula is C16H26N2OS. The molecule has 1 aromatic heterocycles. The quantitative estimate of drug-likeness (QED) is 0.898. The first-order valence-corrected chi connectivity index (χ1v) is 9.01. The molecule has 4 heteroatoms. The molecule has 1 aromatic rings. The Balaban J connectivity index is 1.79. The molecule has 1 N–H and O–H groups in total. The summed E-state index contributed by atoms with van der Waals surface area (Å²) in [5.41, 5.74) is 1.13. The summed E-state index contributed by atoms with van der Waals surface area (Å²) in [6.45, 7) is 3.48. The van der Waals surface area contributed by atoms with Gasteiger partial charge in [-0.15, -0.1) is 0 Å². The lowest BCUT2D eigenvalue weighted by Crippen LogP contribution is -2.34. The van der Waals surface area contributed by atoms with Crippen molar-refractivity contribution in [3.05, 3.63) is 10.6 Å². The van der Waals surface area contributed by atoms with Crippen molar-refractivity contribution in [3.63, 3.8) is 0 Å². The highest BCUT2D eigenvalue weighted by molar-refractivity contribution is 7.15. The highest BCUT2D eigenvalue weighted by atomic mass is 32.1. The number of hydrogen-bond acceptors (Lipinski definition) is 4. The van der Waals surface area contributed by atoms with Crippen LogP contribution in [-0.4, -0.2) is 22.7 Å². The zero-order valence-corrected chi connectivity index (χ0v) is 13.3. The van der Waals surface area contributed by atoms with Crippen LogP contribution >= 0.6 is 11.3 Å². The first-order valence-electron chi connectivity index (χ1n) is 8.19. The van der Waals surface area contributed by atoms with Crippen LogP contribution in [0.1, 0.15) is 62.4 Å². The van der Waals surface area contributed by atoms with Gasteiger partial charge in [-0.05, 0) is 38.0 Å². The summed E-state index contributed by atoms with van der Waals surface area (Å²) < 4.78 is 0. The lowest BCUT2D eigenvalue weighted by Gasteiger charge is -2.29. The third kappa shape index (κ3) is 2.73. The van der Waals surface area contributed by atoms with E-state index in [0.717, 1.165) is 35.9 Å². The summed E-state index contributed by atoms with van der Waals surface area (Å²) in [7, 11) is 0. The number of aliphatic hydroxyl groups excluding tert-OH is 1. The van der Waals surface area contributed by atoms with Crippen LogP contribution in [0.4, 0.5) is 5.13 Å². The summed E-state index contributed by atoms with van der Waals surface area (Å²) in [4.78, 5) is 8.50. The monoisotopic (exact) mass is 294 g/mol. The molecule has 0 radical (unpaired) electrons. The average Bonchev–Trinajstić information content (AvgIpc) is 3.18. The zero-order chi connectivity index (χ0) is 13.9. The molecule has 0 aromatic carbocycles. The van der Waals surface area contributed by atoms with E-state index in [4.69, 9.17) is 4.98 Å². The van der Waals surface area contributed by atoms with E-state index < -0.39 is 0 Å². The third-order valence-electron chi connectivity index (χ3n) is 4.89. The van der Waals surface area contributed by atoms with Crippen molar-refractivity contribution >= 4 is 16.5 Å². The number of aryl methyl sites for hydroxylation is 1. The summed E-state index contributed by atoms with van der Waals surface area (Å²) >= 11 is 1.72. The minimum Gasteiger partial charge on any atom is -0.391 e. The van der Waals surface area contributed by atoms with Gasteiger partial charge < -0.3 is 10.0 Å². The maximum atomic E-state index is 9.53. The highest BCUT2D eigenvalue weighted by Gasteiger charge is 2.35. The van der Waals surface area contributed by atoms with Crippen molar-refractivity contribution in [2.75, 3.05) is 11.4 Å². The van der Waals surface area contributed by atoms with Crippen molar-refractivity contribution in [1.29, 1.82) is 0 Å². The van der Waals surface area contributed by atoms with Crippen LogP contribution in [0.3, 0.4) is 0 Å². The summed E-state index contributed by atoms with van der Waals surface area (Å²) in [5, 5.41) is 10.7. The molecule has 1 aliphatic heterocycles. The van der Waals surface area contributed by atoms with E-state index in [9.17, 15) is 5.11 Å². The summed E-state index contributed by atoms with van der Waals surface area (Å²) in [6.07, 6.45) is 10.4. The Bertz CT molecular complexity index is 440. The van der Waals surface area contributed by atoms with Gasteiger partial charge in [0.15, 0.2) is 5.13 Å². The zero-order valence-electron chi connectivity index (χ0n) is 12.5. The highest BCUT2D eigenvalue weighted by Crippen LogP contribution is 2.39. The molecule has 2 fully saturated rings. The van der Waals surface area contributed by atoms with Gasteiger partial charge in [-0.3, -0.25) is 0 Å². The second kappa shape index (κ2) is 6.44. The normalized spacial score (nSPS) is 23.9. The van der Waals surface area contributed by atoms with Crippen LogP contribution in [0.5, 0.6) is 0 Å². The van der Waals surface area contributed by atoms with E-state index in [1.54, 1.807) is 11.3 Å². The molecule has 1 unspecified atom stereocenters. The molecular weight excluding hydrogens is 268 g/mol. The molecule has 3 rings (SSSR count). The molecule has 0 amide bonds. The molecule has 2 heterocycles. The molecule has 1 aliphatic carbocycles. The van der Waals surface area contributed by atoms with Crippen molar-refractivity contribution in [1.82, 2.24) is 4.98 Å². The van der Waals surface area contributed by atoms with Crippen molar-refractivity contribution in [2.45, 2.75) is 70.9 Å². The maximum absolute atomic E-state index is 9.53. The number of hydrogen-bond donors (Lipinski definition) is 1. The fourth-order valence-electron chi connectivity index (χ4n) is 3.91. The number of aromatic nitrogens is 1. The van der Waals surface area contributed by atoms with Crippen LogP contribution in [0.2, 0.25) is 0 Å². The lowest BCUT2D eigenvalue weighted by molar-refractivity contribution is 0.284. The van der Waals surface area contributed by atoms with Gasteiger partial charge >= 0.3 is 0 Å². The van der Waals surface area contributed by atoms with Crippen molar-refractivity contribution in [3.8, 4) is 0 Å². The van der Waals surface area contributed by atoms with E-state index in [2.05, 4.69) is 11.8 Å². The molecule has 1 saturated carbocycles. The smallest absolute Gasteiger partial charge is 0.186 e. The van der Waals surface area contributed by atoms with Gasteiger partial charge in [-0.2, -0.15) is 0 Å². The molecule has 1 atom stereocenters. The van der Waals surface area contributed by atoms with E-state index >= 15 is 0 Å². The van der Waals surface area contributed by atoms with E-state index in [0.29, 0.717) is 6.04 Å². The number of anilines is 1. The second-order valence-electron chi connectivity index (χ2n) is 6.22.